The summed E-state index contributed by atoms with van der Waals surface area (Å²) in [5.74, 6) is 0.445. The zero-order valence-electron chi connectivity index (χ0n) is 12.8. The average molecular weight is 334 g/mol. The van der Waals surface area contributed by atoms with Crippen LogP contribution in [0.2, 0.25) is 0 Å². The van der Waals surface area contributed by atoms with E-state index in [0.717, 1.165) is 11.9 Å². The Labute approximate surface area is 142 Å². The highest BCUT2D eigenvalue weighted by Crippen LogP contribution is 2.50. The number of nitrogens with zero attached hydrogens (tertiary/aromatic N) is 2. The summed E-state index contributed by atoms with van der Waals surface area (Å²) in [5.41, 5.74) is 3.39. The normalized spacial score (nSPS) is 22.2. The molecule has 2 heterocycles. The van der Waals surface area contributed by atoms with Crippen LogP contribution in [0.25, 0.3) is 10.9 Å². The van der Waals surface area contributed by atoms with E-state index >= 15 is 0 Å². The maximum Gasteiger partial charge on any atom is 0.261 e. The number of carbonyl (C=O) groups excluding carboxylic acids is 2. The molecule has 24 heavy (non-hydrogen) atoms. The average Bonchev–Trinajstić information content (AvgIpc) is 3.12. The highest BCUT2D eigenvalue weighted by Gasteiger charge is 2.45. The Morgan fingerprint density at radius 1 is 1.04 bits per heavy atom. The van der Waals surface area contributed by atoms with Crippen LogP contribution in [0.15, 0.2) is 47.8 Å². The van der Waals surface area contributed by atoms with Gasteiger partial charge in [0.25, 0.3) is 11.8 Å². The molecule has 0 N–H and O–H groups in total. The van der Waals surface area contributed by atoms with E-state index in [9.17, 15) is 9.59 Å². The fourth-order valence-electron chi connectivity index (χ4n) is 3.71. The summed E-state index contributed by atoms with van der Waals surface area (Å²) >= 11 is 1.47. The van der Waals surface area contributed by atoms with E-state index in [1.165, 1.54) is 27.4 Å². The largest absolute Gasteiger partial charge is 0.274 e. The van der Waals surface area contributed by atoms with E-state index in [2.05, 4.69) is 15.8 Å². The quantitative estimate of drug-likeness (QED) is 0.686. The zero-order valence-corrected chi connectivity index (χ0v) is 13.6. The Bertz CT molecular complexity index is 959. The Morgan fingerprint density at radius 3 is 2.54 bits per heavy atom. The highest BCUT2D eigenvalue weighted by molar-refractivity contribution is 7.04. The van der Waals surface area contributed by atoms with Crippen molar-refractivity contribution in [1.29, 1.82) is 0 Å². The lowest BCUT2D eigenvalue weighted by Crippen LogP contribution is -2.32. The van der Waals surface area contributed by atoms with E-state index in [4.69, 9.17) is 0 Å². The summed E-state index contributed by atoms with van der Waals surface area (Å²) in [6.45, 7) is 0.505. The standard InChI is InChI=1S/C19H14N2O2S/c22-18-13-4-1-2-5-14(13)19(23)21(18)9-11-8-15(11)12-6-3-7-17-16(12)10-24-20-17/h1-7,10-11,15H,8-9H2. The van der Waals surface area contributed by atoms with E-state index in [0.29, 0.717) is 29.5 Å². The molecule has 1 aliphatic carbocycles. The third-order valence-corrected chi connectivity index (χ3v) is 5.70. The number of hydrogen-bond donors (Lipinski definition) is 0. The van der Waals surface area contributed by atoms with Gasteiger partial charge in [-0.25, -0.2) is 0 Å². The lowest BCUT2D eigenvalue weighted by molar-refractivity contribution is 0.0646. The van der Waals surface area contributed by atoms with Crippen LogP contribution in [0.3, 0.4) is 0 Å². The molecule has 2 amide bonds. The van der Waals surface area contributed by atoms with Gasteiger partial charge in [0.1, 0.15) is 0 Å². The molecule has 4 nitrogen and oxygen atoms in total. The van der Waals surface area contributed by atoms with Gasteiger partial charge in [0.2, 0.25) is 0 Å². The number of aromatic nitrogens is 1. The van der Waals surface area contributed by atoms with Crippen LogP contribution in [0.5, 0.6) is 0 Å². The smallest absolute Gasteiger partial charge is 0.261 e. The molecule has 0 bridgehead atoms. The first-order chi connectivity index (χ1) is 11.7. The van der Waals surface area contributed by atoms with Crippen molar-refractivity contribution in [2.75, 3.05) is 6.54 Å². The third-order valence-electron chi connectivity index (χ3n) is 5.06. The lowest BCUT2D eigenvalue weighted by Gasteiger charge is -2.13. The Balaban J connectivity index is 1.39. The molecule has 118 valence electrons. The highest BCUT2D eigenvalue weighted by atomic mass is 32.1. The maximum absolute atomic E-state index is 12.5. The minimum Gasteiger partial charge on any atom is -0.274 e. The first-order valence-corrected chi connectivity index (χ1v) is 8.86. The fourth-order valence-corrected chi connectivity index (χ4v) is 4.40. The Hall–Kier alpha value is -2.53. The number of rotatable bonds is 3. The molecule has 0 spiro atoms. The van der Waals surface area contributed by atoms with Gasteiger partial charge >= 0.3 is 0 Å². The van der Waals surface area contributed by atoms with Crippen LogP contribution in [-0.4, -0.2) is 27.6 Å². The number of imide groups is 1. The van der Waals surface area contributed by atoms with Crippen molar-refractivity contribution in [1.82, 2.24) is 9.27 Å². The molecular formula is C19H14N2O2S. The first-order valence-electron chi connectivity index (χ1n) is 8.02. The van der Waals surface area contributed by atoms with Gasteiger partial charge in [-0.1, -0.05) is 24.3 Å². The summed E-state index contributed by atoms with van der Waals surface area (Å²) in [6, 6.07) is 13.3. The molecule has 3 aromatic rings. The van der Waals surface area contributed by atoms with Crippen molar-refractivity contribution in [3.63, 3.8) is 0 Å². The molecule has 0 radical (unpaired) electrons. The summed E-state index contributed by atoms with van der Waals surface area (Å²) < 4.78 is 4.39. The number of amides is 2. The van der Waals surface area contributed by atoms with Gasteiger partial charge in [0.05, 0.1) is 16.6 Å². The minimum absolute atomic E-state index is 0.156. The van der Waals surface area contributed by atoms with Gasteiger partial charge in [0, 0.05) is 17.3 Å². The van der Waals surface area contributed by atoms with Gasteiger partial charge in [-0.15, -0.1) is 0 Å². The summed E-state index contributed by atoms with van der Waals surface area (Å²) in [5, 5.41) is 3.29. The molecule has 5 heteroatoms. The molecule has 1 fully saturated rings. The predicted octanol–water partition coefficient (Wildman–Crippen LogP) is 3.70. The number of carbonyl (C=O) groups is 2. The van der Waals surface area contributed by atoms with Crippen molar-refractivity contribution in [2.45, 2.75) is 12.3 Å². The van der Waals surface area contributed by atoms with E-state index in [1.807, 2.05) is 12.1 Å². The zero-order chi connectivity index (χ0) is 16.3. The maximum atomic E-state index is 12.5. The summed E-state index contributed by atoms with van der Waals surface area (Å²) in [6.07, 6.45) is 1.02. The van der Waals surface area contributed by atoms with E-state index in [1.54, 1.807) is 24.3 Å². The number of fused-ring (bicyclic) bond motifs is 2. The molecule has 2 atom stereocenters. The van der Waals surface area contributed by atoms with Crippen molar-refractivity contribution >= 4 is 34.2 Å². The van der Waals surface area contributed by atoms with Crippen molar-refractivity contribution in [3.05, 3.63) is 64.5 Å². The molecule has 1 aromatic heterocycles. The summed E-state index contributed by atoms with van der Waals surface area (Å²) in [4.78, 5) is 26.4. The second-order valence-corrected chi connectivity index (χ2v) is 7.09. The van der Waals surface area contributed by atoms with E-state index in [-0.39, 0.29) is 11.8 Å². The van der Waals surface area contributed by atoms with Crippen molar-refractivity contribution in [3.8, 4) is 0 Å². The van der Waals surface area contributed by atoms with Crippen LogP contribution in [0.4, 0.5) is 0 Å². The molecule has 2 unspecified atom stereocenters. The van der Waals surface area contributed by atoms with Crippen molar-refractivity contribution in [2.24, 2.45) is 5.92 Å². The van der Waals surface area contributed by atoms with Gasteiger partial charge in [-0.2, -0.15) is 4.37 Å². The molecular weight excluding hydrogens is 320 g/mol. The van der Waals surface area contributed by atoms with Crippen LogP contribution in [0.1, 0.15) is 38.6 Å². The molecule has 1 saturated carbocycles. The third kappa shape index (κ3) is 1.94. The minimum atomic E-state index is -0.156. The van der Waals surface area contributed by atoms with Crippen LogP contribution in [0, 0.1) is 5.92 Å². The second kappa shape index (κ2) is 4.98. The van der Waals surface area contributed by atoms with E-state index < -0.39 is 0 Å². The van der Waals surface area contributed by atoms with Gasteiger partial charge in [-0.3, -0.25) is 14.5 Å². The molecule has 0 saturated heterocycles. The van der Waals surface area contributed by atoms with Gasteiger partial charge < -0.3 is 0 Å². The van der Waals surface area contributed by atoms with Crippen LogP contribution in [-0.2, 0) is 0 Å². The summed E-state index contributed by atoms with van der Waals surface area (Å²) in [7, 11) is 0. The second-order valence-electron chi connectivity index (χ2n) is 6.46. The monoisotopic (exact) mass is 334 g/mol. The fraction of sp³-hybridized carbons (Fsp3) is 0.211. The SMILES string of the molecule is O=C1c2ccccc2C(=O)N1CC1CC1c1cccc2nscc12. The predicted molar refractivity (Wildman–Crippen MR) is 92.3 cm³/mol. The molecule has 5 rings (SSSR count). The number of hydrogen-bond acceptors (Lipinski definition) is 4. The van der Waals surface area contributed by atoms with Gasteiger partial charge in [0.15, 0.2) is 0 Å². The molecule has 1 aliphatic heterocycles. The Morgan fingerprint density at radius 2 is 1.79 bits per heavy atom. The molecule has 2 aliphatic rings. The first kappa shape index (κ1) is 13.9. The Kier molecular flexibility index (Phi) is 2.88. The topological polar surface area (TPSA) is 50.3 Å². The van der Waals surface area contributed by atoms with Crippen molar-refractivity contribution < 1.29 is 9.59 Å². The van der Waals surface area contributed by atoms with Crippen LogP contribution < -0.4 is 0 Å². The van der Waals surface area contributed by atoms with Gasteiger partial charge in [-0.05, 0) is 53.6 Å². The van der Waals surface area contributed by atoms with Crippen LogP contribution >= 0.6 is 11.5 Å². The molecule has 2 aromatic carbocycles. The number of benzene rings is 2. The lowest BCUT2D eigenvalue weighted by atomic mass is 10.0.